The molecule has 5 aromatic rings. The molecule has 0 atom stereocenters. The van der Waals surface area contributed by atoms with Gasteiger partial charge in [0, 0.05) is 43.5 Å². The van der Waals surface area contributed by atoms with E-state index in [1.54, 1.807) is 35.1 Å². The molecule has 1 aliphatic heterocycles. The van der Waals surface area contributed by atoms with E-state index in [4.69, 9.17) is 21.3 Å². The summed E-state index contributed by atoms with van der Waals surface area (Å²) in [5.74, 6) is 0.884. The quantitative estimate of drug-likeness (QED) is 0.255. The third-order valence-corrected chi connectivity index (χ3v) is 6.99. The lowest BCUT2D eigenvalue weighted by molar-refractivity contribution is -0.115. The third-order valence-electron chi connectivity index (χ3n) is 6.71. The number of hydrogen-bond donors (Lipinski definition) is 1. The first kappa shape index (κ1) is 25.6. The fourth-order valence-corrected chi connectivity index (χ4v) is 4.88. The highest BCUT2D eigenvalue weighted by Crippen LogP contribution is 2.36. The molecule has 1 saturated heterocycles. The van der Waals surface area contributed by atoms with Gasteiger partial charge in [-0.25, -0.2) is 33.8 Å². The van der Waals surface area contributed by atoms with Crippen molar-refractivity contribution in [2.75, 3.05) is 23.3 Å². The summed E-state index contributed by atoms with van der Waals surface area (Å²) in [6.07, 6.45) is 9.69. The highest BCUT2D eigenvalue weighted by atomic mass is 35.5. The van der Waals surface area contributed by atoms with Gasteiger partial charge < -0.3 is 15.0 Å². The van der Waals surface area contributed by atoms with Gasteiger partial charge in [0.25, 0.3) is 0 Å². The van der Waals surface area contributed by atoms with Crippen molar-refractivity contribution in [3.63, 3.8) is 0 Å². The number of hydrogen-bond acceptors (Lipinski definition) is 10. The number of piperidine rings is 1. The van der Waals surface area contributed by atoms with Gasteiger partial charge in [0.1, 0.15) is 29.4 Å². The number of allylic oxidation sites excluding steroid dienone is 1. The van der Waals surface area contributed by atoms with E-state index in [1.807, 2.05) is 0 Å². The summed E-state index contributed by atoms with van der Waals surface area (Å²) in [6.45, 7) is 5.01. The van der Waals surface area contributed by atoms with E-state index < -0.39 is 5.82 Å². The number of aromatic nitrogens is 7. The van der Waals surface area contributed by atoms with Crippen LogP contribution in [0.5, 0.6) is 11.5 Å². The molecule has 4 aromatic heterocycles. The number of ketones is 1. The number of halogens is 2. The predicted molar refractivity (Wildman–Crippen MR) is 148 cm³/mol. The van der Waals surface area contributed by atoms with Crippen molar-refractivity contribution in [2.45, 2.75) is 19.3 Å². The van der Waals surface area contributed by atoms with E-state index in [1.165, 1.54) is 24.8 Å². The van der Waals surface area contributed by atoms with Crippen LogP contribution in [0.3, 0.4) is 0 Å². The first-order valence-electron chi connectivity index (χ1n) is 12.6. The lowest BCUT2D eigenvalue weighted by atomic mass is 9.92. The van der Waals surface area contributed by atoms with Crippen LogP contribution in [-0.2, 0) is 4.79 Å². The van der Waals surface area contributed by atoms with Gasteiger partial charge in [-0.3, -0.25) is 4.79 Å². The summed E-state index contributed by atoms with van der Waals surface area (Å²) in [5, 5.41) is 7.19. The first-order valence-corrected chi connectivity index (χ1v) is 13.0. The second-order valence-corrected chi connectivity index (χ2v) is 9.76. The molecule has 0 bridgehead atoms. The Morgan fingerprint density at radius 3 is 2.83 bits per heavy atom. The van der Waals surface area contributed by atoms with Crippen molar-refractivity contribution in [3.05, 3.63) is 72.8 Å². The van der Waals surface area contributed by atoms with Gasteiger partial charge in [0.05, 0.1) is 11.2 Å². The van der Waals surface area contributed by atoms with Crippen LogP contribution in [0.25, 0.3) is 16.7 Å². The Morgan fingerprint density at radius 2 is 2.02 bits per heavy atom. The van der Waals surface area contributed by atoms with Gasteiger partial charge >= 0.3 is 0 Å². The molecular formula is C27H23ClFN9O2. The zero-order valence-electron chi connectivity index (χ0n) is 21.2. The summed E-state index contributed by atoms with van der Waals surface area (Å²) < 4.78 is 22.4. The number of nitrogens with zero attached hydrogens (tertiary/aromatic N) is 8. The maximum Gasteiger partial charge on any atom is 0.226 e. The first-order chi connectivity index (χ1) is 19.5. The van der Waals surface area contributed by atoms with E-state index in [0.717, 1.165) is 25.9 Å². The number of ether oxygens (including phenoxy) is 1. The van der Waals surface area contributed by atoms with E-state index in [2.05, 4.69) is 41.8 Å². The molecule has 1 fully saturated rings. The molecule has 1 aromatic carbocycles. The molecule has 202 valence electrons. The van der Waals surface area contributed by atoms with Gasteiger partial charge in [-0.15, -0.1) is 0 Å². The molecule has 0 saturated carbocycles. The van der Waals surface area contributed by atoms with Crippen LogP contribution in [0.4, 0.5) is 21.8 Å². The number of rotatable bonds is 8. The Kier molecular flexibility index (Phi) is 6.91. The molecule has 5 heterocycles. The second kappa shape index (κ2) is 10.8. The maximum absolute atomic E-state index is 15.1. The summed E-state index contributed by atoms with van der Waals surface area (Å²) in [7, 11) is 0. The Labute approximate surface area is 232 Å². The molecule has 1 N–H and O–H groups in total. The van der Waals surface area contributed by atoms with Crippen molar-refractivity contribution >= 4 is 51.5 Å². The van der Waals surface area contributed by atoms with Crippen molar-refractivity contribution in [2.24, 2.45) is 5.92 Å². The third kappa shape index (κ3) is 5.25. The van der Waals surface area contributed by atoms with E-state index >= 15 is 4.39 Å². The summed E-state index contributed by atoms with van der Waals surface area (Å²) >= 11 is 6.42. The number of carbonyl (C=O) groups is 1. The summed E-state index contributed by atoms with van der Waals surface area (Å²) in [5.41, 5.74) is 1.92. The van der Waals surface area contributed by atoms with Crippen LogP contribution < -0.4 is 15.0 Å². The highest BCUT2D eigenvalue weighted by molar-refractivity contribution is 6.32. The number of nitrogens with one attached hydrogen (secondary N) is 1. The van der Waals surface area contributed by atoms with Gasteiger partial charge in [-0.05, 0) is 37.0 Å². The van der Waals surface area contributed by atoms with E-state index in [0.29, 0.717) is 52.2 Å². The van der Waals surface area contributed by atoms with Crippen molar-refractivity contribution in [3.8, 4) is 11.5 Å². The molecular weight excluding hydrogens is 537 g/mol. The van der Waals surface area contributed by atoms with Gasteiger partial charge in [-0.1, -0.05) is 18.2 Å². The monoisotopic (exact) mass is 559 g/mol. The fourth-order valence-electron chi connectivity index (χ4n) is 4.64. The maximum atomic E-state index is 15.1. The van der Waals surface area contributed by atoms with Gasteiger partial charge in [0.15, 0.2) is 28.8 Å². The Balaban J connectivity index is 1.21. The minimum Gasteiger partial charge on any atom is -0.453 e. The average Bonchev–Trinajstić information content (AvgIpc) is 3.43. The van der Waals surface area contributed by atoms with Crippen molar-refractivity contribution < 1.29 is 13.9 Å². The molecule has 11 nitrogen and oxygen atoms in total. The Morgan fingerprint density at radius 1 is 1.18 bits per heavy atom. The number of benzene rings is 1. The molecule has 40 heavy (non-hydrogen) atoms. The van der Waals surface area contributed by atoms with Crippen LogP contribution in [0.2, 0.25) is 5.02 Å². The smallest absolute Gasteiger partial charge is 0.226 e. The molecule has 0 radical (unpaired) electrons. The fraction of sp³-hybridized carbons (Fsp3) is 0.222. The van der Waals surface area contributed by atoms with Gasteiger partial charge in [0.2, 0.25) is 5.95 Å². The Bertz CT molecular complexity index is 1710. The van der Waals surface area contributed by atoms with E-state index in [-0.39, 0.29) is 16.6 Å². The van der Waals surface area contributed by atoms with Crippen LogP contribution in [0.1, 0.15) is 19.3 Å². The zero-order chi connectivity index (χ0) is 27.6. The van der Waals surface area contributed by atoms with Crippen LogP contribution in [0.15, 0.2) is 62.0 Å². The van der Waals surface area contributed by atoms with Crippen molar-refractivity contribution in [1.82, 2.24) is 34.5 Å². The summed E-state index contributed by atoms with van der Waals surface area (Å²) in [6, 6.07) is 6.07. The minimum absolute atomic E-state index is 0.0651. The molecule has 0 unspecified atom stereocenters. The molecule has 0 amide bonds. The molecule has 6 rings (SSSR count). The number of pyridine rings is 1. The van der Waals surface area contributed by atoms with Crippen LogP contribution in [-0.4, -0.2) is 53.4 Å². The minimum atomic E-state index is -0.664. The molecule has 0 aliphatic carbocycles. The lowest BCUT2D eigenvalue weighted by Gasteiger charge is -2.31. The average molecular weight is 560 g/mol. The van der Waals surface area contributed by atoms with Gasteiger partial charge in [-0.2, -0.15) is 5.10 Å². The molecule has 13 heteroatoms. The topological polar surface area (TPSA) is 123 Å². The standard InChI is InChI=1S/C27H23ClFN9O2/c1-2-18(39)9-16-3-6-37(7-4-16)27-30-13-22-24(36-27)26(33-14-31-22)35-17-10-20(28)25(21(29)11-17)40-19-5-8-38-23(12-19)32-15-34-38/h2,5,8,10-16H,1,3-4,6-7,9H2,(H,31,33,35). The van der Waals surface area contributed by atoms with Crippen LogP contribution >= 0.6 is 11.6 Å². The van der Waals surface area contributed by atoms with Crippen LogP contribution in [0, 0.1) is 11.7 Å². The lowest BCUT2D eigenvalue weighted by Crippen LogP contribution is -2.35. The van der Waals surface area contributed by atoms with Crippen molar-refractivity contribution in [1.29, 1.82) is 0 Å². The molecule has 1 aliphatic rings. The number of fused-ring (bicyclic) bond motifs is 2. The highest BCUT2D eigenvalue weighted by Gasteiger charge is 2.23. The van der Waals surface area contributed by atoms with E-state index in [9.17, 15) is 4.79 Å². The largest absolute Gasteiger partial charge is 0.453 e. The second-order valence-electron chi connectivity index (χ2n) is 9.35. The SMILES string of the molecule is C=CC(=O)CC1CCN(c2ncc3ncnc(Nc4cc(F)c(Oc5ccn6ncnc6c5)c(Cl)c4)c3n2)CC1. The summed E-state index contributed by atoms with van der Waals surface area (Å²) in [4.78, 5) is 35.7. The number of carbonyl (C=O) groups excluding carboxylic acids is 1. The molecule has 0 spiro atoms. The predicted octanol–water partition coefficient (Wildman–Crippen LogP) is 5.15. The number of anilines is 3. The Hall–Kier alpha value is -4.71. The zero-order valence-corrected chi connectivity index (χ0v) is 21.9. The normalized spacial score (nSPS) is 14.0.